The van der Waals surface area contributed by atoms with Gasteiger partial charge in [-0.1, -0.05) is 11.6 Å². The average molecular weight is 264 g/mol. The van der Waals surface area contributed by atoms with E-state index in [9.17, 15) is 4.79 Å². The predicted molar refractivity (Wildman–Crippen MR) is 79.1 cm³/mol. The van der Waals surface area contributed by atoms with Gasteiger partial charge in [0.05, 0.1) is 6.04 Å². The number of hydrogen-bond acceptors (Lipinski definition) is 2. The molecule has 3 heteroatoms. The summed E-state index contributed by atoms with van der Waals surface area (Å²) in [6.45, 7) is 4.85. The lowest BCUT2D eigenvalue weighted by atomic mass is 9.97. The summed E-state index contributed by atoms with van der Waals surface area (Å²) >= 11 is 0. The highest BCUT2D eigenvalue weighted by Gasteiger charge is 2.21. The molecule has 0 saturated carbocycles. The Kier molecular flexibility index (Phi) is 5.90. The maximum atomic E-state index is 12.2. The molecule has 1 heterocycles. The van der Waals surface area contributed by atoms with Crippen molar-refractivity contribution in [2.45, 2.75) is 64.3 Å². The number of hydrogen-bond donors (Lipinski definition) is 1. The molecule has 1 fully saturated rings. The Bertz CT molecular complexity index is 319. The topological polar surface area (TPSA) is 32.3 Å². The third-order valence-corrected chi connectivity index (χ3v) is 4.32. The van der Waals surface area contributed by atoms with Crippen molar-refractivity contribution in [1.29, 1.82) is 0 Å². The van der Waals surface area contributed by atoms with Crippen LogP contribution in [0.5, 0.6) is 0 Å². The second kappa shape index (κ2) is 7.68. The molecule has 1 atom stereocenters. The summed E-state index contributed by atoms with van der Waals surface area (Å²) in [7, 11) is 0. The average Bonchev–Trinajstić information content (AvgIpc) is 2.48. The Hall–Kier alpha value is -0.830. The summed E-state index contributed by atoms with van der Waals surface area (Å²) < 4.78 is 0. The van der Waals surface area contributed by atoms with Crippen LogP contribution in [0.3, 0.4) is 0 Å². The quantitative estimate of drug-likeness (QED) is 0.774. The van der Waals surface area contributed by atoms with E-state index in [4.69, 9.17) is 0 Å². The Morgan fingerprint density at radius 2 is 2.05 bits per heavy atom. The minimum Gasteiger partial charge on any atom is -0.341 e. The second-order valence-electron chi connectivity index (χ2n) is 5.92. The number of nitrogens with zero attached hydrogens (tertiary/aromatic N) is 1. The fourth-order valence-corrected chi connectivity index (χ4v) is 3.06. The largest absolute Gasteiger partial charge is 0.341 e. The highest BCUT2D eigenvalue weighted by molar-refractivity contribution is 5.81. The van der Waals surface area contributed by atoms with E-state index in [-0.39, 0.29) is 11.9 Å². The van der Waals surface area contributed by atoms with Gasteiger partial charge < -0.3 is 10.2 Å². The lowest BCUT2D eigenvalue weighted by Gasteiger charge is -2.29. The van der Waals surface area contributed by atoms with Gasteiger partial charge in [-0.25, -0.2) is 0 Å². The van der Waals surface area contributed by atoms with Gasteiger partial charge in [-0.2, -0.15) is 0 Å². The molecule has 0 aromatic heterocycles. The molecule has 3 nitrogen and oxygen atoms in total. The molecule has 0 bridgehead atoms. The molecule has 0 aromatic rings. The monoisotopic (exact) mass is 264 g/mol. The minimum atomic E-state index is -0.0257. The number of allylic oxidation sites excluding steroid dienone is 1. The number of rotatable bonds is 5. The zero-order chi connectivity index (χ0) is 13.5. The zero-order valence-corrected chi connectivity index (χ0v) is 12.3. The van der Waals surface area contributed by atoms with E-state index in [0.29, 0.717) is 0 Å². The summed E-state index contributed by atoms with van der Waals surface area (Å²) in [4.78, 5) is 14.3. The molecule has 19 heavy (non-hydrogen) atoms. The van der Waals surface area contributed by atoms with Crippen molar-refractivity contribution < 1.29 is 4.79 Å². The van der Waals surface area contributed by atoms with E-state index in [2.05, 4.69) is 11.4 Å². The number of piperidine rings is 1. The van der Waals surface area contributed by atoms with Crippen LogP contribution in [-0.2, 0) is 4.79 Å². The van der Waals surface area contributed by atoms with E-state index < -0.39 is 0 Å². The van der Waals surface area contributed by atoms with Gasteiger partial charge in [0, 0.05) is 13.1 Å². The maximum absolute atomic E-state index is 12.2. The molecular weight excluding hydrogens is 236 g/mol. The van der Waals surface area contributed by atoms with Gasteiger partial charge in [-0.3, -0.25) is 4.79 Å². The second-order valence-corrected chi connectivity index (χ2v) is 5.92. The van der Waals surface area contributed by atoms with Crippen LogP contribution in [0.2, 0.25) is 0 Å². The van der Waals surface area contributed by atoms with Crippen molar-refractivity contribution in [3.8, 4) is 0 Å². The zero-order valence-electron chi connectivity index (χ0n) is 12.3. The molecule has 0 radical (unpaired) electrons. The number of likely N-dealkylation sites (tertiary alicyclic amines) is 1. The Morgan fingerprint density at radius 3 is 2.74 bits per heavy atom. The number of amides is 1. The van der Waals surface area contributed by atoms with Crippen molar-refractivity contribution in [2.24, 2.45) is 0 Å². The van der Waals surface area contributed by atoms with E-state index in [1.54, 1.807) is 5.57 Å². The first-order valence-electron chi connectivity index (χ1n) is 7.97. The summed E-state index contributed by atoms with van der Waals surface area (Å²) in [5.74, 6) is 0.289. The first-order chi connectivity index (χ1) is 9.27. The molecule has 108 valence electrons. The van der Waals surface area contributed by atoms with Crippen molar-refractivity contribution >= 4 is 5.91 Å². The molecule has 1 aliphatic heterocycles. The SMILES string of the molecule is C[C@@H](NCCC1=CCCCC1)C(=O)N1CCCCC1. The van der Waals surface area contributed by atoms with Gasteiger partial charge in [-0.15, -0.1) is 0 Å². The molecule has 0 spiro atoms. The molecule has 1 N–H and O–H groups in total. The van der Waals surface area contributed by atoms with Crippen LogP contribution < -0.4 is 5.32 Å². The number of nitrogens with one attached hydrogen (secondary N) is 1. The highest BCUT2D eigenvalue weighted by atomic mass is 16.2. The predicted octanol–water partition coefficient (Wildman–Crippen LogP) is 2.87. The van der Waals surface area contributed by atoms with Gasteiger partial charge >= 0.3 is 0 Å². The van der Waals surface area contributed by atoms with Gasteiger partial charge in [-0.05, 0) is 64.8 Å². The molecule has 0 unspecified atom stereocenters. The number of carbonyl (C=O) groups excluding carboxylic acids is 1. The van der Waals surface area contributed by atoms with Crippen LogP contribution in [-0.4, -0.2) is 36.5 Å². The van der Waals surface area contributed by atoms with Crippen molar-refractivity contribution in [3.05, 3.63) is 11.6 Å². The standard InChI is InChI=1S/C16H28N2O/c1-14(16(19)18-12-6-3-7-13-18)17-11-10-15-8-4-2-5-9-15/h8,14,17H,2-7,9-13H2,1H3/t14-/m1/s1. The molecule has 0 aromatic carbocycles. The Morgan fingerprint density at radius 1 is 1.26 bits per heavy atom. The van der Waals surface area contributed by atoms with E-state index in [0.717, 1.165) is 26.1 Å². The van der Waals surface area contributed by atoms with Gasteiger partial charge in [0.25, 0.3) is 0 Å². The molecule has 2 rings (SSSR count). The summed E-state index contributed by atoms with van der Waals surface area (Å²) in [6, 6.07) is -0.0257. The van der Waals surface area contributed by atoms with Gasteiger partial charge in [0.15, 0.2) is 0 Å². The third kappa shape index (κ3) is 4.64. The van der Waals surface area contributed by atoms with Crippen LogP contribution in [0.25, 0.3) is 0 Å². The van der Waals surface area contributed by atoms with Crippen LogP contribution in [0.15, 0.2) is 11.6 Å². The molecule has 1 aliphatic carbocycles. The van der Waals surface area contributed by atoms with Crippen molar-refractivity contribution in [3.63, 3.8) is 0 Å². The summed E-state index contributed by atoms with van der Waals surface area (Å²) in [5, 5.41) is 3.39. The number of carbonyl (C=O) groups is 1. The maximum Gasteiger partial charge on any atom is 0.239 e. The first-order valence-corrected chi connectivity index (χ1v) is 7.97. The minimum absolute atomic E-state index is 0.0257. The fourth-order valence-electron chi connectivity index (χ4n) is 3.06. The lowest BCUT2D eigenvalue weighted by molar-refractivity contribution is -0.133. The summed E-state index contributed by atoms with van der Waals surface area (Å²) in [6.07, 6.45) is 12.3. The van der Waals surface area contributed by atoms with Gasteiger partial charge in [0.1, 0.15) is 0 Å². The summed E-state index contributed by atoms with van der Waals surface area (Å²) in [5.41, 5.74) is 1.58. The van der Waals surface area contributed by atoms with Crippen molar-refractivity contribution in [2.75, 3.05) is 19.6 Å². The Labute approximate surface area is 117 Å². The lowest BCUT2D eigenvalue weighted by Crippen LogP contribution is -2.47. The first kappa shape index (κ1) is 14.6. The fraction of sp³-hybridized carbons (Fsp3) is 0.812. The van der Waals surface area contributed by atoms with Crippen LogP contribution >= 0.6 is 0 Å². The van der Waals surface area contributed by atoms with Crippen LogP contribution in [0.1, 0.15) is 58.3 Å². The molecular formula is C16H28N2O. The smallest absolute Gasteiger partial charge is 0.239 e. The van der Waals surface area contributed by atoms with Crippen LogP contribution in [0.4, 0.5) is 0 Å². The van der Waals surface area contributed by atoms with E-state index >= 15 is 0 Å². The molecule has 1 amide bonds. The molecule has 2 aliphatic rings. The highest BCUT2D eigenvalue weighted by Crippen LogP contribution is 2.19. The Balaban J connectivity index is 1.66. The van der Waals surface area contributed by atoms with Crippen molar-refractivity contribution in [1.82, 2.24) is 10.2 Å². The third-order valence-electron chi connectivity index (χ3n) is 4.32. The van der Waals surface area contributed by atoms with E-state index in [1.165, 1.54) is 44.9 Å². The van der Waals surface area contributed by atoms with Gasteiger partial charge in [0.2, 0.25) is 5.91 Å². The molecule has 1 saturated heterocycles. The van der Waals surface area contributed by atoms with Crippen LogP contribution in [0, 0.1) is 0 Å². The van der Waals surface area contributed by atoms with E-state index in [1.807, 2.05) is 11.8 Å². The normalized spacial score (nSPS) is 21.9.